The molecule has 13 heavy (non-hydrogen) atoms. The molecule has 2 atom stereocenters. The molecule has 1 fully saturated rings. The molecule has 0 bridgehead atoms. The van der Waals surface area contributed by atoms with E-state index in [0.29, 0.717) is 6.54 Å². The molecule has 76 valence electrons. The molecule has 1 heterocycles. The van der Waals surface area contributed by atoms with Gasteiger partial charge in [0.2, 0.25) is 0 Å². The van der Waals surface area contributed by atoms with Crippen LogP contribution in [0.3, 0.4) is 0 Å². The zero-order chi connectivity index (χ0) is 9.90. The monoisotopic (exact) mass is 205 g/mol. The lowest BCUT2D eigenvalue weighted by Gasteiger charge is -2.13. The van der Waals surface area contributed by atoms with Gasteiger partial charge in [-0.3, -0.25) is 0 Å². The number of hydrogen-bond donors (Lipinski definition) is 2. The highest BCUT2D eigenvalue weighted by atomic mass is 32.2. The molecule has 0 amide bonds. The standard InChI is InChI=1S/C8H15NO3S/c1-2-3-4-9-7-5-13(11,12)6-8(7)10/h2,7-10H,1,3-6H2. The molecule has 0 aromatic heterocycles. The predicted octanol–water partition coefficient (Wildman–Crippen LogP) is -0.690. The van der Waals surface area contributed by atoms with E-state index < -0.39 is 15.9 Å². The molecule has 1 saturated heterocycles. The van der Waals surface area contributed by atoms with Crippen LogP contribution in [0.1, 0.15) is 6.42 Å². The predicted molar refractivity (Wildman–Crippen MR) is 51.3 cm³/mol. The molecule has 0 saturated carbocycles. The molecule has 0 spiro atoms. The van der Waals surface area contributed by atoms with Gasteiger partial charge in [0.05, 0.1) is 17.6 Å². The van der Waals surface area contributed by atoms with Crippen molar-refractivity contribution < 1.29 is 13.5 Å². The topological polar surface area (TPSA) is 66.4 Å². The van der Waals surface area contributed by atoms with Gasteiger partial charge in [-0.2, -0.15) is 0 Å². The first-order valence-corrected chi connectivity index (χ1v) is 6.10. The van der Waals surface area contributed by atoms with Crippen molar-refractivity contribution in [1.82, 2.24) is 5.32 Å². The summed E-state index contributed by atoms with van der Waals surface area (Å²) in [5.74, 6) is -0.0654. The zero-order valence-electron chi connectivity index (χ0n) is 7.44. The Bertz CT molecular complexity index is 273. The molecule has 0 aromatic carbocycles. The van der Waals surface area contributed by atoms with Gasteiger partial charge in [-0.25, -0.2) is 8.42 Å². The minimum atomic E-state index is -3.02. The van der Waals surface area contributed by atoms with E-state index in [1.807, 2.05) is 0 Å². The maximum atomic E-state index is 11.1. The van der Waals surface area contributed by atoms with Gasteiger partial charge in [-0.15, -0.1) is 6.58 Å². The van der Waals surface area contributed by atoms with E-state index in [0.717, 1.165) is 6.42 Å². The molecule has 2 unspecified atom stereocenters. The van der Waals surface area contributed by atoms with Crippen LogP contribution in [0.5, 0.6) is 0 Å². The Morgan fingerprint density at radius 2 is 2.23 bits per heavy atom. The van der Waals surface area contributed by atoms with Crippen molar-refractivity contribution in [3.63, 3.8) is 0 Å². The molecule has 1 aliphatic heterocycles. The third kappa shape index (κ3) is 3.10. The molecule has 1 aliphatic rings. The van der Waals surface area contributed by atoms with Crippen LogP contribution in [0.2, 0.25) is 0 Å². The Hall–Kier alpha value is -0.390. The van der Waals surface area contributed by atoms with Gasteiger partial charge in [0.15, 0.2) is 9.84 Å². The zero-order valence-corrected chi connectivity index (χ0v) is 8.26. The van der Waals surface area contributed by atoms with E-state index >= 15 is 0 Å². The van der Waals surface area contributed by atoms with Crippen molar-refractivity contribution >= 4 is 9.84 Å². The maximum Gasteiger partial charge on any atom is 0.154 e. The fourth-order valence-electron chi connectivity index (χ4n) is 1.39. The quantitative estimate of drug-likeness (QED) is 0.471. The van der Waals surface area contributed by atoms with Gasteiger partial charge in [-0.1, -0.05) is 6.08 Å². The number of hydrogen-bond acceptors (Lipinski definition) is 4. The Kier molecular flexibility index (Phi) is 3.47. The molecule has 0 radical (unpaired) electrons. The summed E-state index contributed by atoms with van der Waals surface area (Å²) in [4.78, 5) is 0. The Morgan fingerprint density at radius 1 is 1.54 bits per heavy atom. The largest absolute Gasteiger partial charge is 0.390 e. The summed E-state index contributed by atoms with van der Waals surface area (Å²) in [5, 5.41) is 12.3. The number of aliphatic hydroxyl groups excluding tert-OH is 1. The number of rotatable bonds is 4. The summed E-state index contributed by atoms with van der Waals surface area (Å²) in [6.07, 6.45) is 1.78. The lowest BCUT2D eigenvalue weighted by atomic mass is 10.2. The first kappa shape index (κ1) is 10.7. The number of nitrogens with one attached hydrogen (secondary N) is 1. The summed E-state index contributed by atoms with van der Waals surface area (Å²) in [6, 6.07) is -0.301. The third-order valence-corrected chi connectivity index (χ3v) is 3.79. The van der Waals surface area contributed by atoms with E-state index in [4.69, 9.17) is 0 Å². The Labute approximate surface area is 78.6 Å². The summed E-state index contributed by atoms with van der Waals surface area (Å²) in [5.41, 5.74) is 0. The van der Waals surface area contributed by atoms with Gasteiger partial charge < -0.3 is 10.4 Å². The van der Waals surface area contributed by atoms with Crippen molar-refractivity contribution in [1.29, 1.82) is 0 Å². The van der Waals surface area contributed by atoms with Crippen LogP contribution in [0.15, 0.2) is 12.7 Å². The molecule has 0 aromatic rings. The van der Waals surface area contributed by atoms with Gasteiger partial charge in [0.1, 0.15) is 0 Å². The van der Waals surface area contributed by atoms with Crippen molar-refractivity contribution in [2.75, 3.05) is 18.1 Å². The molecular formula is C8H15NO3S. The first-order valence-electron chi connectivity index (χ1n) is 4.28. The van der Waals surface area contributed by atoms with E-state index in [-0.39, 0.29) is 17.5 Å². The summed E-state index contributed by atoms with van der Waals surface area (Å²) < 4.78 is 22.1. The Morgan fingerprint density at radius 3 is 2.69 bits per heavy atom. The lowest BCUT2D eigenvalue weighted by molar-refractivity contribution is 0.166. The van der Waals surface area contributed by atoms with E-state index in [1.54, 1.807) is 6.08 Å². The van der Waals surface area contributed by atoms with Crippen LogP contribution in [0, 0.1) is 0 Å². The van der Waals surface area contributed by atoms with Gasteiger partial charge in [0.25, 0.3) is 0 Å². The highest BCUT2D eigenvalue weighted by molar-refractivity contribution is 7.91. The van der Waals surface area contributed by atoms with Crippen molar-refractivity contribution in [2.24, 2.45) is 0 Å². The normalized spacial score (nSPS) is 31.8. The molecule has 1 rings (SSSR count). The van der Waals surface area contributed by atoms with Crippen LogP contribution < -0.4 is 5.32 Å². The second kappa shape index (κ2) is 4.21. The molecule has 4 nitrogen and oxygen atoms in total. The maximum absolute atomic E-state index is 11.1. The minimum absolute atomic E-state index is 0.0469. The highest BCUT2D eigenvalue weighted by Crippen LogP contribution is 2.12. The van der Waals surface area contributed by atoms with Crippen molar-refractivity contribution in [3.05, 3.63) is 12.7 Å². The summed E-state index contributed by atoms with van der Waals surface area (Å²) in [7, 11) is -3.02. The van der Waals surface area contributed by atoms with E-state index in [1.165, 1.54) is 0 Å². The summed E-state index contributed by atoms with van der Waals surface area (Å²) in [6.45, 7) is 4.22. The number of aliphatic hydroxyl groups is 1. The summed E-state index contributed by atoms with van der Waals surface area (Å²) >= 11 is 0. The van der Waals surface area contributed by atoms with Crippen LogP contribution in [-0.2, 0) is 9.84 Å². The van der Waals surface area contributed by atoms with Crippen molar-refractivity contribution in [3.8, 4) is 0 Å². The smallest absolute Gasteiger partial charge is 0.154 e. The van der Waals surface area contributed by atoms with Crippen LogP contribution in [0.25, 0.3) is 0 Å². The third-order valence-electron chi connectivity index (χ3n) is 2.08. The fourth-order valence-corrected chi connectivity index (χ4v) is 3.17. The van der Waals surface area contributed by atoms with E-state index in [9.17, 15) is 13.5 Å². The van der Waals surface area contributed by atoms with E-state index in [2.05, 4.69) is 11.9 Å². The molecule has 2 N–H and O–H groups in total. The van der Waals surface area contributed by atoms with Gasteiger partial charge in [-0.05, 0) is 13.0 Å². The fraction of sp³-hybridized carbons (Fsp3) is 0.750. The lowest BCUT2D eigenvalue weighted by Crippen LogP contribution is -2.39. The average molecular weight is 205 g/mol. The van der Waals surface area contributed by atoms with Crippen LogP contribution in [-0.4, -0.2) is 43.7 Å². The highest BCUT2D eigenvalue weighted by Gasteiger charge is 2.35. The van der Waals surface area contributed by atoms with Crippen LogP contribution in [0.4, 0.5) is 0 Å². The SMILES string of the molecule is C=CCCNC1CS(=O)(=O)CC1O. The van der Waals surface area contributed by atoms with Crippen LogP contribution >= 0.6 is 0 Å². The second-order valence-corrected chi connectivity index (χ2v) is 5.44. The Balaban J connectivity index is 2.39. The minimum Gasteiger partial charge on any atom is -0.390 e. The molecular weight excluding hydrogens is 190 g/mol. The first-order chi connectivity index (χ1) is 6.05. The molecule has 0 aliphatic carbocycles. The van der Waals surface area contributed by atoms with Gasteiger partial charge in [0, 0.05) is 6.04 Å². The van der Waals surface area contributed by atoms with Gasteiger partial charge >= 0.3 is 0 Å². The molecule has 5 heteroatoms. The second-order valence-electron chi connectivity index (χ2n) is 3.28. The number of sulfone groups is 1. The van der Waals surface area contributed by atoms with Crippen molar-refractivity contribution in [2.45, 2.75) is 18.6 Å². The average Bonchev–Trinajstić information content (AvgIpc) is 2.25.